The van der Waals surface area contributed by atoms with Crippen LogP contribution in [0, 0.1) is 11.7 Å². The van der Waals surface area contributed by atoms with Crippen LogP contribution in [-0.2, 0) is 6.54 Å². The zero-order valence-electron chi connectivity index (χ0n) is 17.9. The SMILES string of the molecule is CC1CN(Cc2ccc(F)cc2)CC1c1nn2cncc2c(=O)n1C1CCC(F)(F)CC1. The van der Waals surface area contributed by atoms with Gasteiger partial charge in [-0.1, -0.05) is 19.1 Å². The smallest absolute Gasteiger partial charge is 0.279 e. The zero-order valence-corrected chi connectivity index (χ0v) is 17.9. The molecule has 170 valence electrons. The lowest BCUT2D eigenvalue weighted by Crippen LogP contribution is -2.37. The normalized spacial score (nSPS) is 24.4. The summed E-state index contributed by atoms with van der Waals surface area (Å²) < 4.78 is 44.0. The maximum atomic E-state index is 13.8. The van der Waals surface area contributed by atoms with E-state index < -0.39 is 5.92 Å². The molecule has 0 N–H and O–H groups in total. The van der Waals surface area contributed by atoms with Crippen LogP contribution in [0.25, 0.3) is 5.52 Å². The predicted molar refractivity (Wildman–Crippen MR) is 113 cm³/mol. The van der Waals surface area contributed by atoms with Crippen LogP contribution in [0.4, 0.5) is 13.2 Å². The van der Waals surface area contributed by atoms with E-state index in [1.807, 2.05) is 0 Å². The number of halogens is 3. The number of fused-ring (bicyclic) bond motifs is 1. The Labute approximate surface area is 183 Å². The van der Waals surface area contributed by atoms with Crippen LogP contribution < -0.4 is 5.56 Å². The summed E-state index contributed by atoms with van der Waals surface area (Å²) in [5.74, 6) is -2.08. The van der Waals surface area contributed by atoms with Gasteiger partial charge in [0.25, 0.3) is 5.56 Å². The van der Waals surface area contributed by atoms with E-state index in [1.54, 1.807) is 16.7 Å². The summed E-state index contributed by atoms with van der Waals surface area (Å²) in [6.45, 7) is 4.30. The standard InChI is InChI=1S/C23H26F3N5O/c1-15-11-29(12-16-2-4-17(24)5-3-16)13-19(15)21-28-30-14-27-10-20(30)22(32)31(21)18-6-8-23(25,26)9-7-18/h2-5,10,14-15,18-19H,6-9,11-13H2,1H3. The quantitative estimate of drug-likeness (QED) is 0.609. The summed E-state index contributed by atoms with van der Waals surface area (Å²) in [7, 11) is 0. The fraction of sp³-hybridized carbons (Fsp3) is 0.522. The van der Waals surface area contributed by atoms with Gasteiger partial charge in [-0.15, -0.1) is 0 Å². The van der Waals surface area contributed by atoms with Crippen molar-refractivity contribution in [3.8, 4) is 0 Å². The molecule has 1 aliphatic carbocycles. The van der Waals surface area contributed by atoms with Crippen LogP contribution >= 0.6 is 0 Å². The lowest BCUT2D eigenvalue weighted by Gasteiger charge is -2.32. The van der Waals surface area contributed by atoms with E-state index in [0.29, 0.717) is 24.4 Å². The first-order chi connectivity index (χ1) is 15.3. The van der Waals surface area contributed by atoms with E-state index in [9.17, 15) is 18.0 Å². The average molecular weight is 445 g/mol. The van der Waals surface area contributed by atoms with Gasteiger partial charge in [-0.3, -0.25) is 14.3 Å². The molecule has 0 spiro atoms. The summed E-state index contributed by atoms with van der Waals surface area (Å²) in [6.07, 6.45) is 3.07. The molecule has 5 rings (SSSR count). The van der Waals surface area contributed by atoms with Crippen LogP contribution in [0.15, 0.2) is 41.6 Å². The topological polar surface area (TPSA) is 55.4 Å². The Kier molecular flexibility index (Phi) is 5.31. The summed E-state index contributed by atoms with van der Waals surface area (Å²) in [6, 6.07) is 6.18. The Hall–Kier alpha value is -2.68. The first-order valence-electron chi connectivity index (χ1n) is 11.1. The number of aromatic nitrogens is 4. The highest BCUT2D eigenvalue weighted by Gasteiger charge is 2.39. The van der Waals surface area contributed by atoms with Crippen LogP contribution in [0.2, 0.25) is 0 Å². The number of rotatable bonds is 4. The largest absolute Gasteiger partial charge is 0.298 e. The second kappa shape index (κ2) is 8.03. The highest BCUT2D eigenvalue weighted by atomic mass is 19.3. The molecule has 0 radical (unpaired) electrons. The Bertz CT molecular complexity index is 1160. The third kappa shape index (κ3) is 3.94. The molecule has 2 fully saturated rings. The van der Waals surface area contributed by atoms with Crippen LogP contribution in [-0.4, -0.2) is 43.1 Å². The molecule has 6 nitrogen and oxygen atoms in total. The Morgan fingerprint density at radius 3 is 2.56 bits per heavy atom. The highest BCUT2D eigenvalue weighted by Crippen LogP contribution is 2.40. The number of hydrogen-bond donors (Lipinski definition) is 0. The molecule has 0 bridgehead atoms. The lowest BCUT2D eigenvalue weighted by molar-refractivity contribution is -0.0447. The van der Waals surface area contributed by atoms with Gasteiger partial charge in [-0.2, -0.15) is 5.10 Å². The maximum absolute atomic E-state index is 13.8. The first-order valence-corrected chi connectivity index (χ1v) is 11.1. The summed E-state index contributed by atoms with van der Waals surface area (Å²) >= 11 is 0. The second-order valence-corrected chi connectivity index (χ2v) is 9.25. The van der Waals surface area contributed by atoms with Gasteiger partial charge in [0.15, 0.2) is 0 Å². The fourth-order valence-corrected chi connectivity index (χ4v) is 5.18. The molecule has 1 aromatic carbocycles. The van der Waals surface area contributed by atoms with E-state index in [-0.39, 0.29) is 54.9 Å². The van der Waals surface area contributed by atoms with E-state index in [1.165, 1.54) is 29.2 Å². The van der Waals surface area contributed by atoms with Gasteiger partial charge in [0.05, 0.1) is 6.20 Å². The highest BCUT2D eigenvalue weighted by molar-refractivity contribution is 5.41. The van der Waals surface area contributed by atoms with Gasteiger partial charge in [0, 0.05) is 44.4 Å². The molecule has 0 amide bonds. The minimum atomic E-state index is -2.67. The number of hydrogen-bond acceptors (Lipinski definition) is 4. The third-order valence-electron chi connectivity index (χ3n) is 6.91. The van der Waals surface area contributed by atoms with E-state index in [2.05, 4.69) is 16.8 Å². The Morgan fingerprint density at radius 2 is 1.84 bits per heavy atom. The second-order valence-electron chi connectivity index (χ2n) is 9.25. The molecule has 2 unspecified atom stereocenters. The molecular formula is C23H26F3N5O. The van der Waals surface area contributed by atoms with Crippen molar-refractivity contribution in [2.45, 2.75) is 57.0 Å². The first kappa shape index (κ1) is 21.2. The molecule has 32 heavy (non-hydrogen) atoms. The number of imidazole rings is 1. The third-order valence-corrected chi connectivity index (χ3v) is 6.91. The number of benzene rings is 1. The minimum absolute atomic E-state index is 0.0163. The number of alkyl halides is 2. The molecule has 1 saturated carbocycles. The molecule has 9 heteroatoms. The van der Waals surface area contributed by atoms with Crippen molar-refractivity contribution < 1.29 is 13.2 Å². The van der Waals surface area contributed by atoms with Crippen molar-refractivity contribution in [1.29, 1.82) is 0 Å². The van der Waals surface area contributed by atoms with Gasteiger partial charge in [-0.05, 0) is 36.5 Å². The van der Waals surface area contributed by atoms with Crippen LogP contribution in [0.1, 0.15) is 56.0 Å². The van der Waals surface area contributed by atoms with Crippen molar-refractivity contribution in [2.75, 3.05) is 13.1 Å². The zero-order chi connectivity index (χ0) is 22.5. The predicted octanol–water partition coefficient (Wildman–Crippen LogP) is 4.02. The van der Waals surface area contributed by atoms with Gasteiger partial charge in [0.1, 0.15) is 23.5 Å². The van der Waals surface area contributed by atoms with Gasteiger partial charge in [-0.25, -0.2) is 22.7 Å². The Balaban J connectivity index is 1.47. The van der Waals surface area contributed by atoms with Crippen molar-refractivity contribution in [3.63, 3.8) is 0 Å². The van der Waals surface area contributed by atoms with Gasteiger partial charge >= 0.3 is 0 Å². The van der Waals surface area contributed by atoms with E-state index in [4.69, 9.17) is 5.10 Å². The van der Waals surface area contributed by atoms with Crippen LogP contribution in [0.5, 0.6) is 0 Å². The molecule has 1 aliphatic heterocycles. The maximum Gasteiger partial charge on any atom is 0.279 e. The van der Waals surface area contributed by atoms with Crippen molar-refractivity contribution in [1.82, 2.24) is 24.1 Å². The molecule has 2 atom stereocenters. The minimum Gasteiger partial charge on any atom is -0.298 e. The fourth-order valence-electron chi connectivity index (χ4n) is 5.18. The van der Waals surface area contributed by atoms with Crippen molar-refractivity contribution in [3.05, 3.63) is 64.3 Å². The molecule has 1 saturated heterocycles. The molecule has 2 aliphatic rings. The molecule has 3 heterocycles. The Morgan fingerprint density at radius 1 is 1.12 bits per heavy atom. The summed E-state index contributed by atoms with van der Waals surface area (Å²) in [4.78, 5) is 19.7. The van der Waals surface area contributed by atoms with Gasteiger partial charge in [0.2, 0.25) is 5.92 Å². The molecule has 3 aromatic rings. The van der Waals surface area contributed by atoms with Crippen molar-refractivity contribution in [2.24, 2.45) is 5.92 Å². The lowest BCUT2D eigenvalue weighted by atomic mass is 9.90. The summed E-state index contributed by atoms with van der Waals surface area (Å²) in [5.41, 5.74) is 1.16. The monoisotopic (exact) mass is 445 g/mol. The van der Waals surface area contributed by atoms with E-state index in [0.717, 1.165) is 12.1 Å². The number of likely N-dealkylation sites (tertiary alicyclic amines) is 1. The van der Waals surface area contributed by atoms with Gasteiger partial charge < -0.3 is 0 Å². The van der Waals surface area contributed by atoms with Crippen LogP contribution in [0.3, 0.4) is 0 Å². The number of nitrogens with zero attached hydrogens (tertiary/aromatic N) is 5. The average Bonchev–Trinajstić information content (AvgIpc) is 3.37. The van der Waals surface area contributed by atoms with E-state index >= 15 is 0 Å². The summed E-state index contributed by atoms with van der Waals surface area (Å²) in [5, 5.41) is 4.75. The molecular weight excluding hydrogens is 419 g/mol. The molecule has 2 aromatic heterocycles. The van der Waals surface area contributed by atoms with Crippen molar-refractivity contribution >= 4 is 5.52 Å².